The van der Waals surface area contributed by atoms with Crippen molar-refractivity contribution in [3.05, 3.63) is 89.8 Å². The molecular weight excluding hydrogens is 459 g/mol. The zero-order valence-corrected chi connectivity index (χ0v) is 20.2. The molecule has 1 amide bonds. The number of amides is 1. The van der Waals surface area contributed by atoms with Crippen molar-refractivity contribution >= 4 is 22.6 Å². The number of aromatic nitrogens is 5. The number of halogens is 1. The number of nitrogens with zero attached hydrogens (tertiary/aromatic N) is 5. The molecule has 36 heavy (non-hydrogen) atoms. The van der Waals surface area contributed by atoms with Gasteiger partial charge in [0.15, 0.2) is 12.4 Å². The molecule has 5 aromatic rings. The summed E-state index contributed by atoms with van der Waals surface area (Å²) in [5, 5.41) is 12.5. The van der Waals surface area contributed by atoms with E-state index in [9.17, 15) is 9.18 Å². The number of ether oxygens (including phenoxy) is 1. The van der Waals surface area contributed by atoms with E-state index >= 15 is 0 Å². The van der Waals surface area contributed by atoms with E-state index < -0.39 is 0 Å². The summed E-state index contributed by atoms with van der Waals surface area (Å²) in [6, 6.07) is 14.1. The van der Waals surface area contributed by atoms with Gasteiger partial charge in [0, 0.05) is 11.6 Å². The molecule has 3 aromatic heterocycles. The lowest BCUT2D eigenvalue weighted by atomic mass is 10.0. The van der Waals surface area contributed by atoms with Crippen LogP contribution in [0, 0.1) is 26.6 Å². The highest BCUT2D eigenvalue weighted by atomic mass is 19.1. The van der Waals surface area contributed by atoms with Gasteiger partial charge in [0.2, 0.25) is 5.91 Å². The first kappa shape index (κ1) is 23.2. The van der Waals surface area contributed by atoms with Crippen LogP contribution in [0.5, 0.6) is 5.75 Å². The van der Waals surface area contributed by atoms with Crippen molar-refractivity contribution in [3.8, 4) is 16.9 Å². The summed E-state index contributed by atoms with van der Waals surface area (Å²) in [5.74, 6) is 0.228. The second-order valence-electron chi connectivity index (χ2n) is 8.67. The monoisotopic (exact) mass is 484 g/mol. The fourth-order valence-electron chi connectivity index (χ4n) is 4.19. The molecule has 0 atom stereocenters. The Morgan fingerprint density at radius 3 is 2.67 bits per heavy atom. The number of pyridine rings is 1. The maximum absolute atomic E-state index is 13.4. The Bertz CT molecular complexity index is 1550. The molecule has 0 bridgehead atoms. The summed E-state index contributed by atoms with van der Waals surface area (Å²) in [5.41, 5.74) is 5.83. The molecule has 182 valence electrons. The zero-order chi connectivity index (χ0) is 25.2. The number of fused-ring (bicyclic) bond motifs is 1. The van der Waals surface area contributed by atoms with E-state index in [0.717, 1.165) is 33.5 Å². The number of carbonyl (C=O) groups excluding carboxylic acids is 1. The minimum absolute atomic E-state index is 0.0194. The van der Waals surface area contributed by atoms with Crippen LogP contribution in [0.15, 0.2) is 67.1 Å². The molecule has 3 heterocycles. The molecule has 0 fully saturated rings. The van der Waals surface area contributed by atoms with E-state index in [1.54, 1.807) is 40.1 Å². The summed E-state index contributed by atoms with van der Waals surface area (Å²) in [7, 11) is 0. The van der Waals surface area contributed by atoms with Crippen molar-refractivity contribution in [1.29, 1.82) is 0 Å². The van der Waals surface area contributed by atoms with E-state index in [2.05, 4.69) is 26.6 Å². The molecule has 2 aromatic carbocycles. The highest BCUT2D eigenvalue weighted by Crippen LogP contribution is 2.30. The van der Waals surface area contributed by atoms with Gasteiger partial charge >= 0.3 is 0 Å². The lowest BCUT2D eigenvalue weighted by molar-refractivity contribution is -0.116. The van der Waals surface area contributed by atoms with Gasteiger partial charge in [-0.2, -0.15) is 10.2 Å². The van der Waals surface area contributed by atoms with E-state index in [-0.39, 0.29) is 25.0 Å². The predicted molar refractivity (Wildman–Crippen MR) is 135 cm³/mol. The first-order valence-electron chi connectivity index (χ1n) is 11.5. The maximum atomic E-state index is 13.4. The lowest BCUT2D eigenvalue weighted by Crippen LogP contribution is -2.19. The Kier molecular flexibility index (Phi) is 6.20. The molecule has 5 rings (SSSR count). The van der Waals surface area contributed by atoms with Gasteiger partial charge in [-0.1, -0.05) is 29.8 Å². The van der Waals surface area contributed by atoms with Gasteiger partial charge in [-0.3, -0.25) is 4.79 Å². The van der Waals surface area contributed by atoms with Gasteiger partial charge in [-0.05, 0) is 61.7 Å². The van der Waals surface area contributed by atoms with Crippen LogP contribution in [0.2, 0.25) is 0 Å². The van der Waals surface area contributed by atoms with Crippen LogP contribution in [0.25, 0.3) is 22.2 Å². The number of nitrogens with one attached hydrogen (secondary N) is 1. The molecule has 1 N–H and O–H groups in total. The number of rotatable bonds is 7. The molecule has 0 unspecified atom stereocenters. The van der Waals surface area contributed by atoms with Crippen LogP contribution in [-0.4, -0.2) is 30.5 Å². The topological polar surface area (TPSA) is 86.9 Å². The molecule has 0 saturated heterocycles. The van der Waals surface area contributed by atoms with Crippen LogP contribution < -0.4 is 10.1 Å². The predicted octanol–water partition coefficient (Wildman–Crippen LogP) is 5.03. The number of benzene rings is 2. The highest BCUT2D eigenvalue weighted by Gasteiger charge is 2.16. The molecular formula is C27H25FN6O2. The van der Waals surface area contributed by atoms with E-state index in [0.29, 0.717) is 11.3 Å². The number of hydrogen-bond donors (Lipinski definition) is 1. The third-order valence-corrected chi connectivity index (χ3v) is 5.86. The SMILES string of the molecule is Cc1ccc(OCn2cc(NC(=O)Cn3nc(C)c4c(-c5ccc(F)cc5)ccnc43)cn2)c(C)c1. The van der Waals surface area contributed by atoms with Gasteiger partial charge in [0.25, 0.3) is 0 Å². The van der Waals surface area contributed by atoms with Crippen LogP contribution >= 0.6 is 0 Å². The summed E-state index contributed by atoms with van der Waals surface area (Å²) < 4.78 is 22.4. The fraction of sp³-hybridized carbons (Fsp3) is 0.185. The lowest BCUT2D eigenvalue weighted by Gasteiger charge is -2.09. The number of hydrogen-bond acceptors (Lipinski definition) is 5. The number of anilines is 1. The molecule has 0 radical (unpaired) electrons. The second-order valence-corrected chi connectivity index (χ2v) is 8.67. The third-order valence-electron chi connectivity index (χ3n) is 5.86. The van der Waals surface area contributed by atoms with Crippen LogP contribution in [0.1, 0.15) is 16.8 Å². The largest absolute Gasteiger partial charge is 0.471 e. The average Bonchev–Trinajstić information content (AvgIpc) is 3.42. The number of aryl methyl sites for hydroxylation is 3. The Balaban J connectivity index is 1.28. The summed E-state index contributed by atoms with van der Waals surface area (Å²) in [6.45, 7) is 6.10. The molecule has 0 spiro atoms. The maximum Gasteiger partial charge on any atom is 0.246 e. The van der Waals surface area contributed by atoms with Crippen molar-refractivity contribution in [1.82, 2.24) is 24.5 Å². The third kappa shape index (κ3) is 4.81. The van der Waals surface area contributed by atoms with Crippen molar-refractivity contribution < 1.29 is 13.9 Å². The molecule has 8 nitrogen and oxygen atoms in total. The Labute approximate surface area is 207 Å². The van der Waals surface area contributed by atoms with Crippen molar-refractivity contribution in [2.24, 2.45) is 0 Å². The molecule has 0 aliphatic carbocycles. The Morgan fingerprint density at radius 1 is 1.08 bits per heavy atom. The molecule has 9 heteroatoms. The minimum atomic E-state index is -0.298. The van der Waals surface area contributed by atoms with Gasteiger partial charge in [0.05, 0.1) is 23.8 Å². The van der Waals surface area contributed by atoms with Crippen molar-refractivity contribution in [2.45, 2.75) is 34.0 Å². The van der Waals surface area contributed by atoms with Crippen LogP contribution in [-0.2, 0) is 18.1 Å². The fourth-order valence-corrected chi connectivity index (χ4v) is 4.19. The van der Waals surface area contributed by atoms with E-state index in [1.165, 1.54) is 17.7 Å². The highest BCUT2D eigenvalue weighted by molar-refractivity contribution is 5.96. The van der Waals surface area contributed by atoms with Crippen LogP contribution in [0.4, 0.5) is 10.1 Å². The zero-order valence-electron chi connectivity index (χ0n) is 20.2. The Hall–Kier alpha value is -4.53. The van der Waals surface area contributed by atoms with E-state index in [1.807, 2.05) is 39.0 Å². The average molecular weight is 485 g/mol. The normalized spacial score (nSPS) is 11.1. The van der Waals surface area contributed by atoms with Gasteiger partial charge in [-0.25, -0.2) is 18.7 Å². The Morgan fingerprint density at radius 2 is 1.89 bits per heavy atom. The van der Waals surface area contributed by atoms with Gasteiger partial charge in [0.1, 0.15) is 18.1 Å². The van der Waals surface area contributed by atoms with Crippen LogP contribution in [0.3, 0.4) is 0 Å². The first-order valence-corrected chi connectivity index (χ1v) is 11.5. The van der Waals surface area contributed by atoms with Gasteiger partial charge < -0.3 is 10.1 Å². The number of carbonyl (C=O) groups is 1. The summed E-state index contributed by atoms with van der Waals surface area (Å²) >= 11 is 0. The summed E-state index contributed by atoms with van der Waals surface area (Å²) in [6.07, 6.45) is 4.94. The van der Waals surface area contributed by atoms with Crippen molar-refractivity contribution in [3.63, 3.8) is 0 Å². The quantitative estimate of drug-likeness (QED) is 0.350. The smallest absolute Gasteiger partial charge is 0.246 e. The van der Waals surface area contributed by atoms with E-state index in [4.69, 9.17) is 4.74 Å². The molecule has 0 aliphatic heterocycles. The summed E-state index contributed by atoms with van der Waals surface area (Å²) in [4.78, 5) is 17.2. The minimum Gasteiger partial charge on any atom is -0.471 e. The molecule has 0 aliphatic rings. The van der Waals surface area contributed by atoms with Gasteiger partial charge in [-0.15, -0.1) is 0 Å². The first-order chi connectivity index (χ1) is 17.4. The standard InChI is InChI=1S/C27H25FN6O2/c1-17-4-9-24(18(2)12-17)36-16-33-14-22(13-30-33)31-25(35)15-34-27-26(19(3)32-34)23(10-11-29-27)20-5-7-21(28)8-6-20/h4-14H,15-16H2,1-3H3,(H,31,35). The van der Waals surface area contributed by atoms with Crippen molar-refractivity contribution in [2.75, 3.05) is 5.32 Å². The molecule has 0 saturated carbocycles. The second kappa shape index (κ2) is 9.61.